The Balaban J connectivity index is 1.51. The van der Waals surface area contributed by atoms with Crippen LogP contribution in [0.2, 0.25) is 0 Å². The number of anilines is 1. The van der Waals surface area contributed by atoms with Gasteiger partial charge in [-0.1, -0.05) is 35.9 Å². The molecule has 0 radical (unpaired) electrons. The van der Waals surface area contributed by atoms with Gasteiger partial charge in [-0.05, 0) is 25.1 Å². The molecule has 1 amide bonds. The first-order valence-electron chi connectivity index (χ1n) is 9.54. The maximum atomic E-state index is 12.9. The molecule has 3 rings (SSSR count). The summed E-state index contributed by atoms with van der Waals surface area (Å²) in [6.07, 6.45) is -4.09. The van der Waals surface area contributed by atoms with E-state index in [9.17, 15) is 22.8 Å². The van der Waals surface area contributed by atoms with Gasteiger partial charge in [-0.3, -0.25) is 9.59 Å². The van der Waals surface area contributed by atoms with Crippen molar-refractivity contribution in [3.63, 3.8) is 0 Å². The van der Waals surface area contributed by atoms with Crippen molar-refractivity contribution >= 4 is 17.4 Å². The fraction of sp³-hybridized carbons (Fsp3) is 0.364. The fourth-order valence-electron chi connectivity index (χ4n) is 3.36. The highest BCUT2D eigenvalue weighted by molar-refractivity contribution is 5.98. The van der Waals surface area contributed by atoms with Gasteiger partial charge in [-0.15, -0.1) is 0 Å². The molecule has 1 heterocycles. The Bertz CT molecular complexity index is 870. The number of halogens is 3. The number of carbonyl (C=O) groups is 2. The van der Waals surface area contributed by atoms with Crippen LogP contribution in [0.15, 0.2) is 48.5 Å². The third-order valence-electron chi connectivity index (χ3n) is 5.11. The zero-order chi connectivity index (χ0) is 21.0. The number of hydrogen-bond acceptors (Lipinski definition) is 3. The van der Waals surface area contributed by atoms with Crippen LogP contribution in [0, 0.1) is 6.92 Å². The highest BCUT2D eigenvalue weighted by Gasteiger charge is 2.31. The van der Waals surface area contributed by atoms with E-state index in [0.717, 1.165) is 17.7 Å². The summed E-state index contributed by atoms with van der Waals surface area (Å²) in [5, 5.41) is 0. The molecule has 2 aromatic rings. The van der Waals surface area contributed by atoms with Crippen LogP contribution in [0.5, 0.6) is 0 Å². The number of hydrogen-bond donors (Lipinski definition) is 0. The van der Waals surface area contributed by atoms with E-state index >= 15 is 0 Å². The minimum absolute atomic E-state index is 0.0686. The van der Waals surface area contributed by atoms with Crippen molar-refractivity contribution in [3.05, 3.63) is 65.2 Å². The Hall–Kier alpha value is -2.83. The van der Waals surface area contributed by atoms with Gasteiger partial charge in [0.15, 0.2) is 5.78 Å². The maximum absolute atomic E-state index is 12.9. The predicted octanol–water partition coefficient (Wildman–Crippen LogP) is 4.33. The summed E-state index contributed by atoms with van der Waals surface area (Å²) in [5.41, 5.74) is 1.48. The Morgan fingerprint density at radius 1 is 0.931 bits per heavy atom. The summed E-state index contributed by atoms with van der Waals surface area (Å²) in [4.78, 5) is 28.2. The second kappa shape index (κ2) is 8.68. The topological polar surface area (TPSA) is 40.6 Å². The predicted molar refractivity (Wildman–Crippen MR) is 105 cm³/mol. The van der Waals surface area contributed by atoms with Crippen LogP contribution in [0.25, 0.3) is 0 Å². The fourth-order valence-corrected chi connectivity index (χ4v) is 3.36. The van der Waals surface area contributed by atoms with E-state index < -0.39 is 11.7 Å². The first-order valence-corrected chi connectivity index (χ1v) is 9.54. The normalized spacial score (nSPS) is 14.8. The van der Waals surface area contributed by atoms with E-state index in [1.807, 2.05) is 24.0 Å². The highest BCUT2D eigenvalue weighted by Crippen LogP contribution is 2.31. The van der Waals surface area contributed by atoms with Crippen LogP contribution < -0.4 is 4.90 Å². The molecule has 7 heteroatoms. The van der Waals surface area contributed by atoms with Crippen molar-refractivity contribution in [3.8, 4) is 0 Å². The molecule has 2 aromatic carbocycles. The number of carbonyl (C=O) groups excluding carboxylic acids is 2. The Morgan fingerprint density at radius 3 is 2.21 bits per heavy atom. The molecule has 1 fully saturated rings. The van der Waals surface area contributed by atoms with Crippen LogP contribution >= 0.6 is 0 Å². The number of ketones is 1. The van der Waals surface area contributed by atoms with Gasteiger partial charge < -0.3 is 9.80 Å². The smallest absolute Gasteiger partial charge is 0.368 e. The zero-order valence-electron chi connectivity index (χ0n) is 16.2. The Morgan fingerprint density at radius 2 is 1.59 bits per heavy atom. The van der Waals surface area contributed by atoms with Crippen LogP contribution in [-0.2, 0) is 11.0 Å². The number of aryl methyl sites for hydroxylation is 1. The molecule has 0 aromatic heterocycles. The molecular formula is C22H23F3N2O2. The summed E-state index contributed by atoms with van der Waals surface area (Å²) < 4.78 is 38.7. The summed E-state index contributed by atoms with van der Waals surface area (Å²) in [6, 6.07) is 12.5. The summed E-state index contributed by atoms with van der Waals surface area (Å²) in [5.74, 6) is -0.171. The minimum Gasteiger partial charge on any atom is -0.368 e. The van der Waals surface area contributed by atoms with Gasteiger partial charge in [0.25, 0.3) is 0 Å². The van der Waals surface area contributed by atoms with E-state index in [1.165, 1.54) is 6.07 Å². The van der Waals surface area contributed by atoms with Crippen LogP contribution in [0.1, 0.15) is 34.3 Å². The van der Waals surface area contributed by atoms with Crippen LogP contribution in [0.3, 0.4) is 0 Å². The maximum Gasteiger partial charge on any atom is 0.416 e. The molecule has 0 atom stereocenters. The lowest BCUT2D eigenvalue weighted by molar-refractivity contribution is -0.137. The number of nitrogens with zero attached hydrogens (tertiary/aromatic N) is 2. The lowest BCUT2D eigenvalue weighted by atomic mass is 10.0. The average molecular weight is 404 g/mol. The molecule has 29 heavy (non-hydrogen) atoms. The third-order valence-corrected chi connectivity index (χ3v) is 5.11. The average Bonchev–Trinajstić information content (AvgIpc) is 2.72. The second-order valence-electron chi connectivity index (χ2n) is 7.21. The van der Waals surface area contributed by atoms with E-state index in [0.29, 0.717) is 37.4 Å². The number of Topliss-reactive ketones (excluding diaryl/α,β-unsaturated/α-hetero) is 1. The highest BCUT2D eigenvalue weighted by atomic mass is 19.4. The molecule has 1 aliphatic heterocycles. The van der Waals surface area contributed by atoms with E-state index in [1.54, 1.807) is 23.1 Å². The Labute approximate surface area is 167 Å². The van der Waals surface area contributed by atoms with Crippen molar-refractivity contribution < 1.29 is 22.8 Å². The van der Waals surface area contributed by atoms with Gasteiger partial charge in [0, 0.05) is 50.3 Å². The van der Waals surface area contributed by atoms with E-state index in [2.05, 4.69) is 0 Å². The van der Waals surface area contributed by atoms with Gasteiger partial charge in [0.05, 0.1) is 5.56 Å². The molecule has 0 N–H and O–H groups in total. The minimum atomic E-state index is -4.38. The van der Waals surface area contributed by atoms with Gasteiger partial charge in [0.2, 0.25) is 5.91 Å². The first-order chi connectivity index (χ1) is 13.7. The lowest BCUT2D eigenvalue weighted by Gasteiger charge is -2.36. The summed E-state index contributed by atoms with van der Waals surface area (Å²) in [6.45, 7) is 3.70. The van der Waals surface area contributed by atoms with Crippen molar-refractivity contribution in [2.45, 2.75) is 25.9 Å². The summed E-state index contributed by atoms with van der Waals surface area (Å²) >= 11 is 0. The van der Waals surface area contributed by atoms with Crippen molar-refractivity contribution in [2.75, 3.05) is 31.1 Å². The van der Waals surface area contributed by atoms with E-state index in [4.69, 9.17) is 0 Å². The number of piperazine rings is 1. The molecule has 0 spiro atoms. The van der Waals surface area contributed by atoms with Gasteiger partial charge >= 0.3 is 6.18 Å². The van der Waals surface area contributed by atoms with E-state index in [-0.39, 0.29) is 24.5 Å². The lowest BCUT2D eigenvalue weighted by Crippen LogP contribution is -2.48. The molecule has 154 valence electrons. The second-order valence-corrected chi connectivity index (χ2v) is 7.21. The zero-order valence-corrected chi connectivity index (χ0v) is 16.2. The molecule has 4 nitrogen and oxygen atoms in total. The molecule has 0 bridgehead atoms. The number of amides is 1. The van der Waals surface area contributed by atoms with Gasteiger partial charge in [-0.25, -0.2) is 0 Å². The quantitative estimate of drug-likeness (QED) is 0.697. The Kier molecular flexibility index (Phi) is 6.25. The van der Waals surface area contributed by atoms with Gasteiger partial charge in [-0.2, -0.15) is 13.2 Å². The number of rotatable bonds is 5. The molecule has 0 saturated carbocycles. The SMILES string of the molecule is Cc1ccc(C(=O)CCC(=O)N2CCN(c3cccc(C(F)(F)F)c3)CC2)cc1. The van der Waals surface area contributed by atoms with Crippen molar-refractivity contribution in [1.29, 1.82) is 0 Å². The van der Waals surface area contributed by atoms with Crippen LogP contribution in [-0.4, -0.2) is 42.8 Å². The van der Waals surface area contributed by atoms with Crippen molar-refractivity contribution in [2.24, 2.45) is 0 Å². The number of alkyl halides is 3. The largest absolute Gasteiger partial charge is 0.416 e. The molecule has 0 unspecified atom stereocenters. The molecular weight excluding hydrogens is 381 g/mol. The molecule has 1 saturated heterocycles. The third kappa shape index (κ3) is 5.37. The monoisotopic (exact) mass is 404 g/mol. The molecule has 0 aliphatic carbocycles. The van der Waals surface area contributed by atoms with Crippen molar-refractivity contribution in [1.82, 2.24) is 4.90 Å². The van der Waals surface area contributed by atoms with Gasteiger partial charge in [0.1, 0.15) is 0 Å². The standard InChI is InChI=1S/C22H23F3N2O2/c1-16-5-7-17(8-6-16)20(28)9-10-21(29)27-13-11-26(12-14-27)19-4-2-3-18(15-19)22(23,24)25/h2-8,15H,9-14H2,1H3. The number of benzene rings is 2. The first kappa shape index (κ1) is 20.9. The molecule has 1 aliphatic rings. The summed E-state index contributed by atoms with van der Waals surface area (Å²) in [7, 11) is 0. The van der Waals surface area contributed by atoms with Crippen LogP contribution in [0.4, 0.5) is 18.9 Å².